The maximum atomic E-state index is 12.4. The Balaban J connectivity index is 1.82. The summed E-state index contributed by atoms with van der Waals surface area (Å²) in [5, 5.41) is 13.6. The van der Waals surface area contributed by atoms with E-state index in [1.807, 2.05) is 0 Å². The molecule has 0 unspecified atom stereocenters. The number of nitro benzene ring substituents is 1. The van der Waals surface area contributed by atoms with E-state index in [4.69, 9.17) is 15.2 Å². The average Bonchev–Trinajstić information content (AvgIpc) is 2.64. The Morgan fingerprint density at radius 1 is 1.44 bits per heavy atom. The van der Waals surface area contributed by atoms with Crippen LogP contribution in [0.3, 0.4) is 0 Å². The standard InChI is InChI=1S/C16H15N5O6/c1-26-9-2-3-10(11(6-9)21(24)25)18-14(22)7-20-15(23)8-27-12-4-5-13(17)19-16(12)20/h2-6H,7-8H2,1H3,(H2,17,19)(H,18,22). The summed E-state index contributed by atoms with van der Waals surface area (Å²) < 4.78 is 10.2. The number of amides is 2. The van der Waals surface area contributed by atoms with Gasteiger partial charge in [0, 0.05) is 0 Å². The lowest BCUT2D eigenvalue weighted by atomic mass is 10.2. The van der Waals surface area contributed by atoms with Crippen molar-refractivity contribution >= 4 is 34.8 Å². The van der Waals surface area contributed by atoms with Gasteiger partial charge in [-0.05, 0) is 24.3 Å². The molecule has 0 saturated heterocycles. The minimum atomic E-state index is -0.645. The van der Waals surface area contributed by atoms with Crippen molar-refractivity contribution < 1.29 is 24.0 Å². The highest BCUT2D eigenvalue weighted by molar-refractivity contribution is 6.05. The van der Waals surface area contributed by atoms with Crippen LogP contribution in [0.4, 0.5) is 23.0 Å². The van der Waals surface area contributed by atoms with Gasteiger partial charge in [0.2, 0.25) is 5.91 Å². The Bertz CT molecular complexity index is 932. The maximum Gasteiger partial charge on any atom is 0.296 e. The van der Waals surface area contributed by atoms with Crippen LogP contribution >= 0.6 is 0 Å². The van der Waals surface area contributed by atoms with E-state index in [0.717, 1.165) is 4.90 Å². The van der Waals surface area contributed by atoms with E-state index in [0.29, 0.717) is 5.75 Å². The third kappa shape index (κ3) is 3.71. The summed E-state index contributed by atoms with van der Waals surface area (Å²) in [5.41, 5.74) is 5.28. The number of benzene rings is 1. The van der Waals surface area contributed by atoms with Crippen molar-refractivity contribution in [3.05, 3.63) is 40.4 Å². The molecule has 0 bridgehead atoms. The first-order chi connectivity index (χ1) is 12.9. The van der Waals surface area contributed by atoms with Gasteiger partial charge < -0.3 is 20.5 Å². The Morgan fingerprint density at radius 2 is 2.22 bits per heavy atom. The first-order valence-electron chi connectivity index (χ1n) is 7.71. The zero-order chi connectivity index (χ0) is 19.6. The molecule has 27 heavy (non-hydrogen) atoms. The van der Waals surface area contributed by atoms with Gasteiger partial charge in [0.25, 0.3) is 11.6 Å². The van der Waals surface area contributed by atoms with E-state index in [2.05, 4.69) is 10.3 Å². The number of hydrogen-bond acceptors (Lipinski definition) is 8. The smallest absolute Gasteiger partial charge is 0.296 e. The number of nitrogens with one attached hydrogen (secondary N) is 1. The number of rotatable bonds is 5. The number of fused-ring (bicyclic) bond motifs is 1. The molecule has 0 aliphatic carbocycles. The van der Waals surface area contributed by atoms with Crippen molar-refractivity contribution in [3.8, 4) is 11.5 Å². The van der Waals surface area contributed by atoms with Gasteiger partial charge in [-0.3, -0.25) is 24.6 Å². The Morgan fingerprint density at radius 3 is 2.93 bits per heavy atom. The quantitative estimate of drug-likeness (QED) is 0.581. The van der Waals surface area contributed by atoms with Gasteiger partial charge >= 0.3 is 0 Å². The fraction of sp³-hybridized carbons (Fsp3) is 0.188. The van der Waals surface area contributed by atoms with Crippen LogP contribution in [0.5, 0.6) is 11.5 Å². The summed E-state index contributed by atoms with van der Waals surface area (Å²) in [4.78, 5) is 40.2. The number of carbonyl (C=O) groups excluding carboxylic acids is 2. The molecule has 2 amide bonds. The summed E-state index contributed by atoms with van der Waals surface area (Å²) in [6, 6.07) is 7.06. The van der Waals surface area contributed by atoms with Crippen LogP contribution in [0.2, 0.25) is 0 Å². The van der Waals surface area contributed by atoms with E-state index in [-0.39, 0.29) is 35.4 Å². The first kappa shape index (κ1) is 17.9. The molecular weight excluding hydrogens is 358 g/mol. The molecule has 2 aromatic rings. The summed E-state index contributed by atoms with van der Waals surface area (Å²) in [7, 11) is 1.37. The van der Waals surface area contributed by atoms with E-state index < -0.39 is 23.3 Å². The number of carbonyl (C=O) groups is 2. The fourth-order valence-electron chi connectivity index (χ4n) is 2.48. The number of hydrogen-bond donors (Lipinski definition) is 2. The summed E-state index contributed by atoms with van der Waals surface area (Å²) >= 11 is 0. The third-order valence-electron chi connectivity index (χ3n) is 3.75. The lowest BCUT2D eigenvalue weighted by molar-refractivity contribution is -0.384. The molecule has 140 valence electrons. The lowest BCUT2D eigenvalue weighted by Gasteiger charge is -2.27. The number of nitro groups is 1. The van der Waals surface area contributed by atoms with E-state index in [1.165, 1.54) is 31.4 Å². The van der Waals surface area contributed by atoms with Crippen LogP contribution in [0.1, 0.15) is 0 Å². The number of anilines is 3. The molecule has 1 aromatic carbocycles. The zero-order valence-electron chi connectivity index (χ0n) is 14.2. The number of nitrogen functional groups attached to an aromatic ring is 1. The summed E-state index contributed by atoms with van der Waals surface area (Å²) in [5.74, 6) is -0.272. The molecule has 1 aliphatic rings. The SMILES string of the molecule is COc1ccc(NC(=O)CN2C(=O)COc3ccc(N)nc32)c([N+](=O)[O-])c1. The van der Waals surface area contributed by atoms with Crippen molar-refractivity contribution in [2.45, 2.75) is 0 Å². The molecular formula is C16H15N5O6. The molecule has 0 saturated carbocycles. The lowest BCUT2D eigenvalue weighted by Crippen LogP contribution is -2.44. The molecule has 11 heteroatoms. The number of methoxy groups -OCH3 is 1. The molecule has 3 rings (SSSR count). The Kier molecular flexibility index (Phi) is 4.75. The molecule has 11 nitrogen and oxygen atoms in total. The second-order valence-corrected chi connectivity index (χ2v) is 5.51. The predicted molar refractivity (Wildman–Crippen MR) is 94.8 cm³/mol. The van der Waals surface area contributed by atoms with Gasteiger partial charge in [-0.2, -0.15) is 0 Å². The van der Waals surface area contributed by atoms with Crippen molar-refractivity contribution in [1.29, 1.82) is 0 Å². The molecule has 1 aliphatic heterocycles. The van der Waals surface area contributed by atoms with Gasteiger partial charge in [0.1, 0.15) is 23.8 Å². The number of nitrogens with two attached hydrogens (primary N) is 1. The van der Waals surface area contributed by atoms with E-state index in [1.54, 1.807) is 6.07 Å². The molecule has 0 atom stereocenters. The zero-order valence-corrected chi connectivity index (χ0v) is 14.2. The van der Waals surface area contributed by atoms with Gasteiger partial charge in [-0.25, -0.2) is 4.98 Å². The van der Waals surface area contributed by atoms with Crippen molar-refractivity contribution in [3.63, 3.8) is 0 Å². The molecule has 2 heterocycles. The summed E-state index contributed by atoms with van der Waals surface area (Å²) in [6.45, 7) is -0.663. The Hall–Kier alpha value is -3.89. The van der Waals surface area contributed by atoms with Gasteiger partial charge in [-0.15, -0.1) is 0 Å². The van der Waals surface area contributed by atoms with Crippen molar-refractivity contribution in [1.82, 2.24) is 4.98 Å². The van der Waals surface area contributed by atoms with Crippen LogP contribution in [-0.2, 0) is 9.59 Å². The van der Waals surface area contributed by atoms with Crippen LogP contribution in [0.25, 0.3) is 0 Å². The normalized spacial score (nSPS) is 12.8. The van der Waals surface area contributed by atoms with E-state index >= 15 is 0 Å². The second-order valence-electron chi connectivity index (χ2n) is 5.51. The fourth-order valence-corrected chi connectivity index (χ4v) is 2.48. The van der Waals surface area contributed by atoms with E-state index in [9.17, 15) is 19.7 Å². The largest absolute Gasteiger partial charge is 0.496 e. The number of nitrogens with zero attached hydrogens (tertiary/aromatic N) is 3. The first-order valence-corrected chi connectivity index (χ1v) is 7.71. The van der Waals surface area contributed by atoms with Crippen molar-refractivity contribution in [2.75, 3.05) is 36.2 Å². The van der Waals surface area contributed by atoms with Crippen molar-refractivity contribution in [2.24, 2.45) is 0 Å². The summed E-state index contributed by atoms with van der Waals surface area (Å²) in [6.07, 6.45) is 0. The molecule has 3 N–H and O–H groups in total. The molecule has 0 radical (unpaired) electrons. The predicted octanol–water partition coefficient (Wildman–Crippen LogP) is 0.945. The highest BCUT2D eigenvalue weighted by Gasteiger charge is 2.29. The topological polar surface area (TPSA) is 150 Å². The minimum absolute atomic E-state index is 0.0210. The number of aromatic nitrogens is 1. The monoisotopic (exact) mass is 373 g/mol. The minimum Gasteiger partial charge on any atom is -0.496 e. The average molecular weight is 373 g/mol. The third-order valence-corrected chi connectivity index (χ3v) is 3.75. The van der Waals surface area contributed by atoms with Gasteiger partial charge in [-0.1, -0.05) is 0 Å². The molecule has 0 spiro atoms. The Labute approximate surface area is 152 Å². The van der Waals surface area contributed by atoms with Crippen LogP contribution < -0.4 is 25.4 Å². The second kappa shape index (κ2) is 7.15. The van der Waals surface area contributed by atoms with Gasteiger partial charge in [0.05, 0.1) is 18.1 Å². The highest BCUT2D eigenvalue weighted by atomic mass is 16.6. The molecule has 0 fully saturated rings. The van der Waals surface area contributed by atoms with Crippen LogP contribution in [-0.4, -0.2) is 42.0 Å². The highest BCUT2D eigenvalue weighted by Crippen LogP contribution is 2.31. The van der Waals surface area contributed by atoms with Crippen LogP contribution in [0.15, 0.2) is 30.3 Å². The number of ether oxygens (including phenoxy) is 2. The maximum absolute atomic E-state index is 12.4. The number of pyridine rings is 1. The van der Waals surface area contributed by atoms with Crippen LogP contribution in [0, 0.1) is 10.1 Å². The van der Waals surface area contributed by atoms with Gasteiger partial charge in [0.15, 0.2) is 18.2 Å². The molecule has 1 aromatic heterocycles.